The summed E-state index contributed by atoms with van der Waals surface area (Å²) in [6, 6.07) is 5.41. The molecule has 1 fully saturated rings. The van der Waals surface area contributed by atoms with Crippen LogP contribution in [0.25, 0.3) is 0 Å². The second-order valence-electron chi connectivity index (χ2n) is 6.33. The molecule has 0 aromatic heterocycles. The number of halogens is 1. The number of benzene rings is 1. The van der Waals surface area contributed by atoms with Crippen molar-refractivity contribution in [2.45, 2.75) is 32.2 Å². The largest absolute Gasteiger partial charge is 0.326 e. The fourth-order valence-corrected chi connectivity index (χ4v) is 3.11. The van der Waals surface area contributed by atoms with Crippen LogP contribution in [0.2, 0.25) is 0 Å². The van der Waals surface area contributed by atoms with Gasteiger partial charge in [0.1, 0.15) is 11.9 Å². The highest BCUT2D eigenvalue weighted by Gasteiger charge is 2.33. The number of carbonyl (C=O) groups excluding carboxylic acids is 2. The average molecular weight is 331 g/mol. The quantitative estimate of drug-likeness (QED) is 0.847. The van der Waals surface area contributed by atoms with Gasteiger partial charge in [-0.15, -0.1) is 0 Å². The fraction of sp³-hybridized carbons (Fsp3) is 0.444. The monoisotopic (exact) mass is 331 g/mol. The highest BCUT2D eigenvalue weighted by Crippen LogP contribution is 2.24. The number of anilines is 1. The lowest BCUT2D eigenvalue weighted by Gasteiger charge is -2.34. The number of hydrogen-bond acceptors (Lipinski definition) is 2. The van der Waals surface area contributed by atoms with Crippen LogP contribution in [-0.4, -0.2) is 42.5 Å². The third-order valence-corrected chi connectivity index (χ3v) is 4.60. The first-order chi connectivity index (χ1) is 11.6. The van der Waals surface area contributed by atoms with E-state index in [1.165, 1.54) is 16.5 Å². The molecular formula is C18H22FN3O2. The van der Waals surface area contributed by atoms with E-state index in [0.717, 1.165) is 12.8 Å². The van der Waals surface area contributed by atoms with Crippen molar-refractivity contribution >= 4 is 17.6 Å². The van der Waals surface area contributed by atoms with Crippen molar-refractivity contribution in [3.05, 3.63) is 41.7 Å². The zero-order valence-corrected chi connectivity index (χ0v) is 13.8. The predicted octanol–water partition coefficient (Wildman–Crippen LogP) is 2.68. The van der Waals surface area contributed by atoms with Crippen LogP contribution in [0.4, 0.5) is 14.9 Å². The third kappa shape index (κ3) is 3.42. The van der Waals surface area contributed by atoms with Gasteiger partial charge in [0.15, 0.2) is 0 Å². The molecule has 0 aliphatic carbocycles. The summed E-state index contributed by atoms with van der Waals surface area (Å²) in [4.78, 5) is 28.2. The van der Waals surface area contributed by atoms with Crippen molar-refractivity contribution in [2.75, 3.05) is 24.5 Å². The van der Waals surface area contributed by atoms with Crippen molar-refractivity contribution in [3.8, 4) is 0 Å². The molecular weight excluding hydrogens is 309 g/mol. The Labute approximate surface area is 141 Å². The molecule has 3 rings (SSSR count). The second-order valence-corrected chi connectivity index (χ2v) is 6.33. The first kappa shape index (κ1) is 16.5. The normalized spacial score (nSPS) is 21.5. The van der Waals surface area contributed by atoms with Gasteiger partial charge in [0.25, 0.3) is 0 Å². The van der Waals surface area contributed by atoms with Crippen molar-refractivity contribution in [3.63, 3.8) is 0 Å². The molecule has 1 saturated heterocycles. The molecule has 1 N–H and O–H groups in total. The summed E-state index contributed by atoms with van der Waals surface area (Å²) in [5.74, 6) is -0.669. The Kier molecular flexibility index (Phi) is 4.83. The molecule has 5 nitrogen and oxygen atoms in total. The number of para-hydroxylation sites is 1. The Morgan fingerprint density at radius 3 is 2.79 bits per heavy atom. The van der Waals surface area contributed by atoms with Crippen molar-refractivity contribution in [2.24, 2.45) is 0 Å². The van der Waals surface area contributed by atoms with Gasteiger partial charge in [-0.25, -0.2) is 9.18 Å². The number of nitrogens with zero attached hydrogens (tertiary/aromatic N) is 2. The summed E-state index contributed by atoms with van der Waals surface area (Å²) in [6.45, 7) is 3.74. The average Bonchev–Trinajstić information content (AvgIpc) is 2.58. The Morgan fingerprint density at radius 1 is 1.29 bits per heavy atom. The number of amides is 3. The maximum atomic E-state index is 14.0. The van der Waals surface area contributed by atoms with Gasteiger partial charge in [-0.3, -0.25) is 4.79 Å². The van der Waals surface area contributed by atoms with Crippen LogP contribution in [0.3, 0.4) is 0 Å². The highest BCUT2D eigenvalue weighted by molar-refractivity contribution is 5.99. The van der Waals surface area contributed by atoms with E-state index in [9.17, 15) is 14.0 Å². The molecule has 6 heteroatoms. The van der Waals surface area contributed by atoms with E-state index in [4.69, 9.17) is 0 Å². The van der Waals surface area contributed by atoms with Crippen LogP contribution in [0, 0.1) is 5.82 Å². The van der Waals surface area contributed by atoms with E-state index in [-0.39, 0.29) is 17.6 Å². The van der Waals surface area contributed by atoms with Crippen LogP contribution in [0.1, 0.15) is 26.2 Å². The highest BCUT2D eigenvalue weighted by atomic mass is 19.1. The summed E-state index contributed by atoms with van der Waals surface area (Å²) < 4.78 is 14.0. The van der Waals surface area contributed by atoms with Gasteiger partial charge in [-0.1, -0.05) is 23.8 Å². The summed E-state index contributed by atoms with van der Waals surface area (Å²) in [5.41, 5.74) is 1.55. The maximum Gasteiger partial charge on any atom is 0.318 e. The van der Waals surface area contributed by atoms with E-state index in [0.29, 0.717) is 26.1 Å². The number of piperidine rings is 1. The Balaban J connectivity index is 1.67. The van der Waals surface area contributed by atoms with Crippen LogP contribution in [0.5, 0.6) is 0 Å². The topological polar surface area (TPSA) is 52.7 Å². The van der Waals surface area contributed by atoms with Gasteiger partial charge >= 0.3 is 6.03 Å². The standard InChI is InChI=1S/C18H22FN3O2/c1-13-8-11-21(12-9-13)18(24)20-15-6-4-10-22(17(15)23)16-7-3-2-5-14(16)19/h2-3,5,7-8,15H,4,6,9-12H2,1H3,(H,20,24). The van der Waals surface area contributed by atoms with Crippen molar-refractivity contribution in [1.29, 1.82) is 0 Å². The molecule has 1 unspecified atom stereocenters. The van der Waals surface area contributed by atoms with Crippen LogP contribution in [-0.2, 0) is 4.79 Å². The number of hydrogen-bond donors (Lipinski definition) is 1. The molecule has 3 amide bonds. The predicted molar refractivity (Wildman–Crippen MR) is 90.3 cm³/mol. The van der Waals surface area contributed by atoms with Gasteiger partial charge < -0.3 is 15.1 Å². The fourth-order valence-electron chi connectivity index (χ4n) is 3.11. The smallest absolute Gasteiger partial charge is 0.318 e. The molecule has 0 bridgehead atoms. The van der Waals surface area contributed by atoms with Crippen molar-refractivity contribution < 1.29 is 14.0 Å². The minimum absolute atomic E-state index is 0.229. The summed E-state index contributed by atoms with van der Waals surface area (Å²) >= 11 is 0. The van der Waals surface area contributed by atoms with Gasteiger partial charge in [0.2, 0.25) is 5.91 Å². The van der Waals surface area contributed by atoms with E-state index < -0.39 is 11.9 Å². The minimum Gasteiger partial charge on any atom is -0.326 e. The summed E-state index contributed by atoms with van der Waals surface area (Å²) in [6.07, 6.45) is 4.19. The summed E-state index contributed by atoms with van der Waals surface area (Å²) in [5, 5.41) is 2.82. The van der Waals surface area contributed by atoms with Gasteiger partial charge in [-0.05, 0) is 38.3 Å². The van der Waals surface area contributed by atoms with Gasteiger partial charge in [-0.2, -0.15) is 0 Å². The van der Waals surface area contributed by atoms with E-state index in [2.05, 4.69) is 5.32 Å². The van der Waals surface area contributed by atoms with Crippen molar-refractivity contribution in [1.82, 2.24) is 10.2 Å². The van der Waals surface area contributed by atoms with E-state index >= 15 is 0 Å². The minimum atomic E-state index is -0.599. The number of urea groups is 1. The lowest BCUT2D eigenvalue weighted by Crippen LogP contribution is -2.55. The number of carbonyl (C=O) groups is 2. The molecule has 0 spiro atoms. The molecule has 24 heavy (non-hydrogen) atoms. The SMILES string of the molecule is CC1=CCN(C(=O)NC2CCCN(c3ccccc3F)C2=O)CC1. The Morgan fingerprint density at radius 2 is 2.08 bits per heavy atom. The maximum absolute atomic E-state index is 14.0. The van der Waals surface area contributed by atoms with Crippen LogP contribution < -0.4 is 10.2 Å². The van der Waals surface area contributed by atoms with Gasteiger partial charge in [0, 0.05) is 19.6 Å². The Bertz CT molecular complexity index is 674. The van der Waals surface area contributed by atoms with Gasteiger partial charge in [0.05, 0.1) is 5.69 Å². The number of nitrogens with one attached hydrogen (secondary N) is 1. The second kappa shape index (κ2) is 7.03. The molecule has 2 aliphatic heterocycles. The van der Waals surface area contributed by atoms with Crippen LogP contribution in [0.15, 0.2) is 35.9 Å². The van der Waals surface area contributed by atoms with E-state index in [1.54, 1.807) is 23.1 Å². The lowest BCUT2D eigenvalue weighted by molar-refractivity contribution is -0.121. The lowest BCUT2D eigenvalue weighted by atomic mass is 10.0. The molecule has 1 atom stereocenters. The molecule has 0 radical (unpaired) electrons. The first-order valence-corrected chi connectivity index (χ1v) is 8.33. The van der Waals surface area contributed by atoms with Crippen LogP contribution >= 0.6 is 0 Å². The van der Waals surface area contributed by atoms with E-state index in [1.807, 2.05) is 13.0 Å². The number of rotatable bonds is 2. The zero-order valence-electron chi connectivity index (χ0n) is 13.8. The zero-order chi connectivity index (χ0) is 17.1. The molecule has 2 heterocycles. The molecule has 0 saturated carbocycles. The first-order valence-electron chi connectivity index (χ1n) is 8.33. The third-order valence-electron chi connectivity index (χ3n) is 4.60. The molecule has 2 aliphatic rings. The molecule has 1 aromatic carbocycles. The summed E-state index contributed by atoms with van der Waals surface area (Å²) in [7, 11) is 0. The Hall–Kier alpha value is -2.37. The molecule has 128 valence electrons. The molecule has 1 aromatic rings.